The highest BCUT2D eigenvalue weighted by molar-refractivity contribution is 9.10. The Labute approximate surface area is 124 Å². The molecule has 0 aliphatic rings. The molecule has 0 saturated carbocycles. The molecular formula is C13H11BrCl2S. The van der Waals surface area contributed by atoms with E-state index in [0.29, 0.717) is 0 Å². The Kier molecular flexibility index (Phi) is 4.53. The van der Waals surface area contributed by atoms with Crippen LogP contribution in [0.25, 0.3) is 0 Å². The predicted octanol–water partition coefficient (Wildman–Crippen LogP) is 5.97. The topological polar surface area (TPSA) is 0 Å². The number of aryl methyl sites for hydroxylation is 1. The van der Waals surface area contributed by atoms with Gasteiger partial charge in [0.25, 0.3) is 0 Å². The normalized spacial score (nSPS) is 10.8. The Morgan fingerprint density at radius 3 is 2.59 bits per heavy atom. The zero-order valence-corrected chi connectivity index (χ0v) is 13.2. The van der Waals surface area contributed by atoms with Crippen molar-refractivity contribution in [2.24, 2.45) is 0 Å². The number of benzene rings is 1. The Morgan fingerprint density at radius 1 is 1.18 bits per heavy atom. The third-order valence-corrected chi connectivity index (χ3v) is 5.09. The zero-order chi connectivity index (χ0) is 12.4. The minimum Gasteiger partial charge on any atom is -0.143 e. The van der Waals surface area contributed by atoms with Gasteiger partial charge in [0.2, 0.25) is 0 Å². The molecule has 4 heteroatoms. The highest BCUT2D eigenvalue weighted by atomic mass is 79.9. The van der Waals surface area contributed by atoms with Gasteiger partial charge in [-0.2, -0.15) is 0 Å². The summed E-state index contributed by atoms with van der Waals surface area (Å²) in [5.41, 5.74) is 1.13. The quantitative estimate of drug-likeness (QED) is 0.640. The first-order valence-electron chi connectivity index (χ1n) is 5.31. The average Bonchev–Trinajstić information content (AvgIpc) is 2.64. The molecule has 17 heavy (non-hydrogen) atoms. The van der Waals surface area contributed by atoms with E-state index in [9.17, 15) is 0 Å². The Hall–Kier alpha value is -0.0200. The molecule has 1 aromatic heterocycles. The number of rotatable bonds is 3. The smallest absolute Gasteiger partial charge is 0.0547 e. The van der Waals surface area contributed by atoms with Crippen LogP contribution in [-0.4, -0.2) is 0 Å². The fourth-order valence-electron chi connectivity index (χ4n) is 1.65. The molecule has 0 atom stereocenters. The maximum Gasteiger partial charge on any atom is 0.0547 e. The van der Waals surface area contributed by atoms with Crippen LogP contribution in [0.4, 0.5) is 0 Å². The van der Waals surface area contributed by atoms with Crippen molar-refractivity contribution >= 4 is 50.5 Å². The second-order valence-corrected chi connectivity index (χ2v) is 6.70. The van der Waals surface area contributed by atoms with Crippen molar-refractivity contribution in [2.75, 3.05) is 0 Å². The molecule has 0 nitrogen and oxygen atoms in total. The molecule has 0 spiro atoms. The number of thiophene rings is 1. The molecule has 2 rings (SSSR count). The maximum atomic E-state index is 6.18. The molecule has 0 fully saturated rings. The van der Waals surface area contributed by atoms with E-state index in [1.54, 1.807) is 11.3 Å². The lowest BCUT2D eigenvalue weighted by Crippen LogP contribution is -1.86. The highest BCUT2D eigenvalue weighted by Gasteiger charge is 2.08. The van der Waals surface area contributed by atoms with Crippen molar-refractivity contribution in [1.29, 1.82) is 0 Å². The molecular weight excluding hydrogens is 339 g/mol. The van der Waals surface area contributed by atoms with Gasteiger partial charge in [0.05, 0.1) is 5.02 Å². The highest BCUT2D eigenvalue weighted by Crippen LogP contribution is 2.31. The molecule has 90 valence electrons. The molecule has 2 aromatic rings. The Balaban J connectivity index is 2.27. The standard InChI is InChI=1S/C13H11BrCl2S/c1-2-13-12(16)7-10(17-13)6-8-5-9(14)3-4-11(8)15/h3-5,7H,2,6H2,1H3. The lowest BCUT2D eigenvalue weighted by Gasteiger charge is -2.03. The van der Waals surface area contributed by atoms with E-state index in [1.165, 1.54) is 9.75 Å². The van der Waals surface area contributed by atoms with Crippen LogP contribution in [0.2, 0.25) is 10.0 Å². The average molecular weight is 350 g/mol. The van der Waals surface area contributed by atoms with Crippen molar-refractivity contribution in [3.63, 3.8) is 0 Å². The van der Waals surface area contributed by atoms with Crippen molar-refractivity contribution < 1.29 is 0 Å². The molecule has 0 saturated heterocycles. The first-order valence-corrected chi connectivity index (χ1v) is 7.67. The lowest BCUT2D eigenvalue weighted by molar-refractivity contribution is 1.19. The summed E-state index contributed by atoms with van der Waals surface area (Å²) in [6.45, 7) is 2.12. The molecule has 0 bridgehead atoms. The van der Waals surface area contributed by atoms with Crippen molar-refractivity contribution in [3.05, 3.63) is 54.1 Å². The number of hydrogen-bond donors (Lipinski definition) is 0. The van der Waals surface area contributed by atoms with Gasteiger partial charge >= 0.3 is 0 Å². The van der Waals surface area contributed by atoms with Gasteiger partial charge in [0.15, 0.2) is 0 Å². The zero-order valence-electron chi connectivity index (χ0n) is 9.27. The molecule has 1 heterocycles. The van der Waals surface area contributed by atoms with E-state index >= 15 is 0 Å². The van der Waals surface area contributed by atoms with Crippen LogP contribution < -0.4 is 0 Å². The summed E-state index contributed by atoms with van der Waals surface area (Å²) < 4.78 is 1.05. The van der Waals surface area contributed by atoms with E-state index in [2.05, 4.69) is 28.9 Å². The summed E-state index contributed by atoms with van der Waals surface area (Å²) in [6.07, 6.45) is 1.82. The summed E-state index contributed by atoms with van der Waals surface area (Å²) in [4.78, 5) is 2.50. The van der Waals surface area contributed by atoms with Crippen LogP contribution in [0.1, 0.15) is 22.2 Å². The first kappa shape index (κ1) is 13.4. The summed E-state index contributed by atoms with van der Waals surface area (Å²) in [5.74, 6) is 0. The fourth-order valence-corrected chi connectivity index (χ4v) is 3.71. The third-order valence-electron chi connectivity index (χ3n) is 2.50. The molecule has 1 aromatic carbocycles. The molecule has 0 N–H and O–H groups in total. The summed E-state index contributed by atoms with van der Waals surface area (Å²) in [6, 6.07) is 7.96. The van der Waals surface area contributed by atoms with Crippen LogP contribution in [0.3, 0.4) is 0 Å². The SMILES string of the molecule is CCc1sc(Cc2cc(Br)ccc2Cl)cc1Cl. The van der Waals surface area contributed by atoms with Gasteiger partial charge in [-0.15, -0.1) is 11.3 Å². The summed E-state index contributed by atoms with van der Waals surface area (Å²) in [7, 11) is 0. The van der Waals surface area contributed by atoms with E-state index in [1.807, 2.05) is 18.2 Å². The third kappa shape index (κ3) is 3.25. The number of hydrogen-bond acceptors (Lipinski definition) is 1. The van der Waals surface area contributed by atoms with E-state index in [4.69, 9.17) is 23.2 Å². The largest absolute Gasteiger partial charge is 0.143 e. The van der Waals surface area contributed by atoms with Crippen molar-refractivity contribution in [3.8, 4) is 0 Å². The maximum absolute atomic E-state index is 6.18. The fraction of sp³-hybridized carbons (Fsp3) is 0.231. The van der Waals surface area contributed by atoms with Gasteiger partial charge in [0, 0.05) is 25.7 Å². The Bertz CT molecular complexity index is 534. The van der Waals surface area contributed by atoms with Gasteiger partial charge < -0.3 is 0 Å². The van der Waals surface area contributed by atoms with Crippen molar-refractivity contribution in [2.45, 2.75) is 19.8 Å². The van der Waals surface area contributed by atoms with Crippen molar-refractivity contribution in [1.82, 2.24) is 0 Å². The van der Waals surface area contributed by atoms with Gasteiger partial charge in [-0.25, -0.2) is 0 Å². The molecule has 0 unspecified atom stereocenters. The second-order valence-electron chi connectivity index (χ2n) is 3.75. The monoisotopic (exact) mass is 348 g/mol. The minimum atomic E-state index is 0.802. The van der Waals surface area contributed by atoms with Crippen LogP contribution in [0.15, 0.2) is 28.7 Å². The van der Waals surface area contributed by atoms with Gasteiger partial charge in [-0.05, 0) is 36.2 Å². The van der Waals surface area contributed by atoms with Gasteiger partial charge in [-0.1, -0.05) is 46.1 Å². The van der Waals surface area contributed by atoms with Crippen LogP contribution in [0.5, 0.6) is 0 Å². The number of halogens is 3. The second kappa shape index (κ2) is 5.75. The van der Waals surface area contributed by atoms with E-state index in [0.717, 1.165) is 32.9 Å². The van der Waals surface area contributed by atoms with Crippen LogP contribution in [0, 0.1) is 0 Å². The van der Waals surface area contributed by atoms with E-state index < -0.39 is 0 Å². The molecule has 0 amide bonds. The predicted molar refractivity (Wildman–Crippen MR) is 80.7 cm³/mol. The van der Waals surface area contributed by atoms with Gasteiger partial charge in [-0.3, -0.25) is 0 Å². The van der Waals surface area contributed by atoms with E-state index in [-0.39, 0.29) is 0 Å². The van der Waals surface area contributed by atoms with Gasteiger partial charge in [0.1, 0.15) is 0 Å². The first-order chi connectivity index (χ1) is 8.10. The lowest BCUT2D eigenvalue weighted by atomic mass is 10.1. The molecule has 0 aliphatic carbocycles. The summed E-state index contributed by atoms with van der Waals surface area (Å²) >= 11 is 17.6. The Morgan fingerprint density at radius 2 is 1.94 bits per heavy atom. The van der Waals surface area contributed by atoms with Crippen LogP contribution in [-0.2, 0) is 12.8 Å². The molecule has 0 radical (unpaired) electrons. The minimum absolute atomic E-state index is 0.802. The molecule has 0 aliphatic heterocycles. The summed E-state index contributed by atoms with van der Waals surface area (Å²) in [5, 5.41) is 1.68. The van der Waals surface area contributed by atoms with Crippen LogP contribution >= 0.6 is 50.5 Å².